The molecule has 0 bridgehead atoms. The number of carboxylic acids is 2. The number of aliphatic carboxylic acids is 2. The Kier molecular flexibility index (Phi) is 13.6. The zero-order chi connectivity index (χ0) is 8.31. The van der Waals surface area contributed by atoms with E-state index >= 15 is 0 Å². The smallest absolute Gasteiger partial charge is 0.547 e. The summed E-state index contributed by atoms with van der Waals surface area (Å²) in [6, 6.07) is 0. The van der Waals surface area contributed by atoms with E-state index in [1.165, 1.54) is 0 Å². The second kappa shape index (κ2) is 8.68. The molecule has 0 aliphatic rings. The molecule has 2 N–H and O–H groups in total. The fourth-order valence-electron chi connectivity index (χ4n) is 0.258. The summed E-state index contributed by atoms with van der Waals surface area (Å²) in [6.07, 6.45) is -4.88. The van der Waals surface area contributed by atoms with Crippen molar-refractivity contribution in [3.05, 3.63) is 0 Å². The third-order valence-corrected chi connectivity index (χ3v) is 0.782. The zero-order valence-corrected chi connectivity index (χ0v) is 9.81. The van der Waals surface area contributed by atoms with Crippen LogP contribution in [0, 0.1) is 0 Å². The van der Waals surface area contributed by atoms with Crippen molar-refractivity contribution in [2.24, 2.45) is 0 Å². The molecule has 2 atom stereocenters. The summed E-state index contributed by atoms with van der Waals surface area (Å²) in [4.78, 5) is 19.3. The number of carbonyl (C=O) groups excluding carboxylic acids is 2. The summed E-state index contributed by atoms with van der Waals surface area (Å²) in [6.45, 7) is 0. The van der Waals surface area contributed by atoms with E-state index in [2.05, 4.69) is 0 Å². The van der Waals surface area contributed by atoms with Gasteiger partial charge in [0, 0.05) is 0 Å². The number of hydrogen-bond acceptors (Lipinski definition) is 6. The van der Waals surface area contributed by atoms with Gasteiger partial charge in [0.05, 0.1) is 11.9 Å². The average molecular weight is 194 g/mol. The Labute approximate surface area is 123 Å². The predicted molar refractivity (Wildman–Crippen MR) is 22.0 cm³/mol. The molecule has 0 aromatic rings. The van der Waals surface area contributed by atoms with Crippen LogP contribution in [0.3, 0.4) is 0 Å². The van der Waals surface area contributed by atoms with E-state index in [4.69, 9.17) is 10.2 Å². The molecule has 0 aliphatic heterocycles. The van der Waals surface area contributed by atoms with Crippen molar-refractivity contribution in [1.29, 1.82) is 0 Å². The Morgan fingerprint density at radius 1 is 1.00 bits per heavy atom. The molecule has 0 radical (unpaired) electrons. The zero-order valence-electron chi connectivity index (χ0n) is 6.68. The largest absolute Gasteiger partial charge is 1.00 e. The molecule has 58 valence electrons. The molecule has 8 heteroatoms. The topological polar surface area (TPSA) is 121 Å². The van der Waals surface area contributed by atoms with Gasteiger partial charge in [-0.2, -0.15) is 0 Å². The summed E-state index contributed by atoms with van der Waals surface area (Å²) in [5.74, 6) is -4.12. The second-order valence-electron chi connectivity index (χ2n) is 1.53. The molecule has 0 amide bonds. The fourth-order valence-corrected chi connectivity index (χ4v) is 0.258. The molecule has 0 aromatic heterocycles. The van der Waals surface area contributed by atoms with E-state index in [0.29, 0.717) is 0 Å². The van der Waals surface area contributed by atoms with Gasteiger partial charge < -0.3 is 30.0 Å². The van der Waals surface area contributed by atoms with Crippen LogP contribution in [-0.2, 0) is 9.59 Å². The van der Waals surface area contributed by atoms with Crippen molar-refractivity contribution in [3.8, 4) is 0 Å². The summed E-state index contributed by atoms with van der Waals surface area (Å²) in [5.41, 5.74) is 0. The van der Waals surface area contributed by atoms with E-state index in [0.717, 1.165) is 0 Å². The molecule has 0 heterocycles. The van der Waals surface area contributed by atoms with Crippen LogP contribution in [0.5, 0.6) is 0 Å². The first-order valence-electron chi connectivity index (χ1n) is 2.24. The number of rotatable bonds is 3. The summed E-state index contributed by atoms with van der Waals surface area (Å²) in [5, 5.41) is 35.7. The van der Waals surface area contributed by atoms with Gasteiger partial charge in [0.1, 0.15) is 12.2 Å². The van der Waals surface area contributed by atoms with E-state index < -0.39 is 24.1 Å². The van der Waals surface area contributed by atoms with Crippen LogP contribution in [0.4, 0.5) is 0 Å². The van der Waals surface area contributed by atoms with E-state index in [1.54, 1.807) is 0 Å². The Morgan fingerprint density at radius 3 is 1.25 bits per heavy atom. The van der Waals surface area contributed by atoms with Crippen LogP contribution < -0.4 is 80.5 Å². The van der Waals surface area contributed by atoms with E-state index in [9.17, 15) is 19.8 Å². The quantitative estimate of drug-likeness (QED) is 0.430. The number of hydrogen-bond donors (Lipinski definition) is 2. The van der Waals surface area contributed by atoms with Crippen molar-refractivity contribution >= 4 is 11.9 Å². The SMILES string of the molecule is O=C([O-])C(O)C(O)C(=O)[O-].[K+].[Li+]. The van der Waals surface area contributed by atoms with E-state index in [-0.39, 0.29) is 70.2 Å². The Hall–Kier alpha value is 1.09. The minimum Gasteiger partial charge on any atom is -0.547 e. The van der Waals surface area contributed by atoms with Gasteiger partial charge in [-0.1, -0.05) is 0 Å². The van der Waals surface area contributed by atoms with Crippen LogP contribution in [0.2, 0.25) is 0 Å². The fraction of sp³-hybridized carbons (Fsp3) is 0.500. The molecule has 0 saturated heterocycles. The first kappa shape index (κ1) is 18.8. The van der Waals surface area contributed by atoms with Gasteiger partial charge in [0.25, 0.3) is 0 Å². The third-order valence-electron chi connectivity index (χ3n) is 0.782. The Morgan fingerprint density at radius 2 is 1.17 bits per heavy atom. The monoisotopic (exact) mass is 194 g/mol. The van der Waals surface area contributed by atoms with Gasteiger partial charge in [-0.05, 0) is 0 Å². The summed E-state index contributed by atoms with van der Waals surface area (Å²) in [7, 11) is 0. The number of carbonyl (C=O) groups is 2. The molecule has 6 nitrogen and oxygen atoms in total. The first-order chi connectivity index (χ1) is 4.46. The van der Waals surface area contributed by atoms with Crippen LogP contribution in [0.25, 0.3) is 0 Å². The molecule has 0 saturated carbocycles. The maximum absolute atomic E-state index is 9.63. The summed E-state index contributed by atoms with van der Waals surface area (Å²) < 4.78 is 0. The predicted octanol–water partition coefficient (Wildman–Crippen LogP) is -10.8. The van der Waals surface area contributed by atoms with Crippen molar-refractivity contribution < 1.29 is 100 Å². The van der Waals surface area contributed by atoms with Gasteiger partial charge in [0.15, 0.2) is 0 Å². The molecular weight excluding hydrogens is 190 g/mol. The average Bonchev–Trinajstić information content (AvgIpc) is 1.84. The Bertz CT molecular complexity index is 144. The van der Waals surface area contributed by atoms with Crippen molar-refractivity contribution in [1.82, 2.24) is 0 Å². The van der Waals surface area contributed by atoms with Crippen molar-refractivity contribution in [2.75, 3.05) is 0 Å². The van der Waals surface area contributed by atoms with Gasteiger partial charge in [-0.3, -0.25) is 0 Å². The van der Waals surface area contributed by atoms with Crippen LogP contribution in [0.15, 0.2) is 0 Å². The molecule has 0 fully saturated rings. The number of aliphatic hydroxyl groups excluding tert-OH is 2. The normalized spacial score (nSPS) is 13.2. The molecule has 0 rings (SSSR count). The van der Waals surface area contributed by atoms with Gasteiger partial charge in [0.2, 0.25) is 0 Å². The second-order valence-corrected chi connectivity index (χ2v) is 1.53. The molecule has 2 unspecified atom stereocenters. The molecule has 12 heavy (non-hydrogen) atoms. The summed E-state index contributed by atoms with van der Waals surface area (Å²) >= 11 is 0. The maximum Gasteiger partial charge on any atom is 1.00 e. The number of carboxylic acid groups (broad SMARTS) is 2. The van der Waals surface area contributed by atoms with Gasteiger partial charge >= 0.3 is 70.2 Å². The number of aliphatic hydroxyl groups is 2. The third kappa shape index (κ3) is 6.59. The van der Waals surface area contributed by atoms with Crippen molar-refractivity contribution in [3.63, 3.8) is 0 Å². The van der Waals surface area contributed by atoms with Crippen LogP contribution >= 0.6 is 0 Å². The molecular formula is C4H4KLiO6. The standard InChI is InChI=1S/C4H6O6.K.Li/c5-1(3(7)8)2(6)4(9)10;;/h1-2,5-6H,(H,7,8)(H,9,10);;/q;2*+1/p-2. The minimum absolute atomic E-state index is 0. The van der Waals surface area contributed by atoms with Gasteiger partial charge in [-0.15, -0.1) is 0 Å². The molecule has 0 aliphatic carbocycles. The van der Waals surface area contributed by atoms with E-state index in [1.807, 2.05) is 0 Å². The Balaban J connectivity index is -0.000000405. The van der Waals surface area contributed by atoms with Crippen molar-refractivity contribution in [2.45, 2.75) is 12.2 Å². The maximum atomic E-state index is 9.63. The van der Waals surface area contributed by atoms with Crippen LogP contribution in [0.1, 0.15) is 0 Å². The molecule has 0 spiro atoms. The van der Waals surface area contributed by atoms with Crippen LogP contribution in [-0.4, -0.2) is 34.4 Å². The molecule has 0 aromatic carbocycles. The minimum atomic E-state index is -2.44. The van der Waals surface area contributed by atoms with Gasteiger partial charge in [-0.25, -0.2) is 0 Å². The first-order valence-corrected chi connectivity index (χ1v) is 2.24.